The maximum Gasteiger partial charge on any atom is 0.243 e. The number of nitrogens with zero attached hydrogens (tertiary/aromatic N) is 1. The standard InChI is InChI=1S/C21H26N2O3S/c1-17-7-10-20(11-8-17)27(25,26)23-15-13-18(14-16-23)9-12-21(24)22-19-5-3-2-4-6-19/h2-8,10-11,18H,9,12-16H2,1H3,(H,22,24). The quantitative estimate of drug-likeness (QED) is 0.821. The summed E-state index contributed by atoms with van der Waals surface area (Å²) < 4.78 is 27.0. The molecule has 0 unspecified atom stereocenters. The van der Waals surface area contributed by atoms with Crippen LogP contribution in [0.25, 0.3) is 0 Å². The fourth-order valence-electron chi connectivity index (χ4n) is 3.38. The van der Waals surface area contributed by atoms with E-state index in [9.17, 15) is 13.2 Å². The van der Waals surface area contributed by atoms with Gasteiger partial charge in [-0.15, -0.1) is 0 Å². The van der Waals surface area contributed by atoms with Gasteiger partial charge in [0, 0.05) is 25.2 Å². The number of hydrogen-bond acceptors (Lipinski definition) is 3. The molecule has 1 saturated heterocycles. The van der Waals surface area contributed by atoms with E-state index in [0.29, 0.717) is 30.3 Å². The van der Waals surface area contributed by atoms with E-state index in [0.717, 1.165) is 30.5 Å². The predicted molar refractivity (Wildman–Crippen MR) is 107 cm³/mol. The SMILES string of the molecule is Cc1ccc(S(=O)(=O)N2CCC(CCC(=O)Nc3ccccc3)CC2)cc1. The number of aryl methyl sites for hydroxylation is 1. The zero-order valence-electron chi connectivity index (χ0n) is 15.6. The van der Waals surface area contributed by atoms with Crippen LogP contribution >= 0.6 is 0 Å². The monoisotopic (exact) mass is 386 g/mol. The third kappa shape index (κ3) is 5.17. The topological polar surface area (TPSA) is 66.5 Å². The predicted octanol–water partition coefficient (Wildman–Crippen LogP) is 3.81. The van der Waals surface area contributed by atoms with E-state index in [1.54, 1.807) is 16.4 Å². The number of rotatable bonds is 6. The van der Waals surface area contributed by atoms with Crippen LogP contribution in [-0.4, -0.2) is 31.7 Å². The number of hydrogen-bond donors (Lipinski definition) is 1. The molecule has 1 fully saturated rings. The highest BCUT2D eigenvalue weighted by atomic mass is 32.2. The van der Waals surface area contributed by atoms with Crippen molar-refractivity contribution in [1.82, 2.24) is 4.31 Å². The third-order valence-corrected chi connectivity index (χ3v) is 6.98. The van der Waals surface area contributed by atoms with Gasteiger partial charge in [-0.2, -0.15) is 4.31 Å². The summed E-state index contributed by atoms with van der Waals surface area (Å²) in [5.74, 6) is 0.395. The Kier molecular flexibility index (Phi) is 6.29. The van der Waals surface area contributed by atoms with Crippen molar-refractivity contribution in [1.29, 1.82) is 0 Å². The normalized spacial score (nSPS) is 16.2. The summed E-state index contributed by atoms with van der Waals surface area (Å²) in [6.45, 7) is 2.97. The lowest BCUT2D eigenvalue weighted by atomic mass is 9.93. The second-order valence-corrected chi connectivity index (χ2v) is 9.05. The van der Waals surface area contributed by atoms with Gasteiger partial charge < -0.3 is 5.32 Å². The first-order chi connectivity index (χ1) is 12.9. The summed E-state index contributed by atoms with van der Waals surface area (Å²) in [6.07, 6.45) is 2.84. The second-order valence-electron chi connectivity index (χ2n) is 7.11. The molecule has 1 aliphatic rings. The fourth-order valence-corrected chi connectivity index (χ4v) is 4.85. The van der Waals surface area contributed by atoms with Crippen LogP contribution in [0.3, 0.4) is 0 Å². The highest BCUT2D eigenvalue weighted by Crippen LogP contribution is 2.26. The first-order valence-corrected chi connectivity index (χ1v) is 10.8. The van der Waals surface area contributed by atoms with Crippen LogP contribution < -0.4 is 5.32 Å². The van der Waals surface area contributed by atoms with Crippen molar-refractivity contribution in [3.8, 4) is 0 Å². The van der Waals surface area contributed by atoms with Crippen LogP contribution in [0.1, 0.15) is 31.2 Å². The number of benzene rings is 2. The summed E-state index contributed by atoms with van der Waals surface area (Å²) in [7, 11) is -3.42. The van der Waals surface area contributed by atoms with Crippen LogP contribution in [0.5, 0.6) is 0 Å². The number of carbonyl (C=O) groups is 1. The molecule has 1 amide bonds. The van der Waals surface area contributed by atoms with Gasteiger partial charge in [-0.1, -0.05) is 35.9 Å². The molecule has 144 valence electrons. The molecule has 3 rings (SSSR count). The minimum atomic E-state index is -3.42. The zero-order chi connectivity index (χ0) is 19.3. The maximum atomic E-state index is 12.7. The molecule has 2 aromatic rings. The minimum absolute atomic E-state index is 0.0101. The van der Waals surface area contributed by atoms with Crippen molar-refractivity contribution in [3.63, 3.8) is 0 Å². The molecule has 0 atom stereocenters. The van der Waals surface area contributed by atoms with Gasteiger partial charge in [0.05, 0.1) is 4.90 Å². The summed E-state index contributed by atoms with van der Waals surface area (Å²) in [4.78, 5) is 12.4. The summed E-state index contributed by atoms with van der Waals surface area (Å²) in [5.41, 5.74) is 1.85. The Balaban J connectivity index is 1.47. The molecule has 0 aliphatic carbocycles. The molecule has 0 bridgehead atoms. The lowest BCUT2D eigenvalue weighted by molar-refractivity contribution is -0.116. The van der Waals surface area contributed by atoms with E-state index in [4.69, 9.17) is 0 Å². The highest BCUT2D eigenvalue weighted by molar-refractivity contribution is 7.89. The van der Waals surface area contributed by atoms with Crippen LogP contribution in [0.4, 0.5) is 5.69 Å². The number of piperidine rings is 1. The van der Waals surface area contributed by atoms with Crippen molar-refractivity contribution in [2.45, 2.75) is 37.5 Å². The number of amides is 1. The Morgan fingerprint density at radius 2 is 1.67 bits per heavy atom. The summed E-state index contributed by atoms with van der Waals surface area (Å²) >= 11 is 0. The van der Waals surface area contributed by atoms with Crippen molar-refractivity contribution < 1.29 is 13.2 Å². The minimum Gasteiger partial charge on any atom is -0.326 e. The van der Waals surface area contributed by atoms with Gasteiger partial charge >= 0.3 is 0 Å². The molecule has 1 heterocycles. The lowest BCUT2D eigenvalue weighted by Crippen LogP contribution is -2.38. The molecule has 2 aromatic carbocycles. The molecule has 0 saturated carbocycles. The Morgan fingerprint density at radius 1 is 1.04 bits per heavy atom. The Hall–Kier alpha value is -2.18. The van der Waals surface area contributed by atoms with E-state index in [-0.39, 0.29) is 5.91 Å². The Morgan fingerprint density at radius 3 is 2.30 bits per heavy atom. The molecular weight excluding hydrogens is 360 g/mol. The van der Waals surface area contributed by atoms with Crippen LogP contribution in [0.15, 0.2) is 59.5 Å². The van der Waals surface area contributed by atoms with Crippen molar-refractivity contribution in [2.24, 2.45) is 5.92 Å². The van der Waals surface area contributed by atoms with Crippen LogP contribution in [0, 0.1) is 12.8 Å². The van der Waals surface area contributed by atoms with Gasteiger partial charge in [-0.25, -0.2) is 8.42 Å². The highest BCUT2D eigenvalue weighted by Gasteiger charge is 2.29. The zero-order valence-corrected chi connectivity index (χ0v) is 16.4. The van der Waals surface area contributed by atoms with E-state index in [2.05, 4.69) is 5.32 Å². The Labute approximate surface area is 161 Å². The van der Waals surface area contributed by atoms with E-state index >= 15 is 0 Å². The molecule has 0 aromatic heterocycles. The summed E-state index contributed by atoms with van der Waals surface area (Å²) in [5, 5.41) is 2.90. The molecule has 5 nitrogen and oxygen atoms in total. The molecule has 27 heavy (non-hydrogen) atoms. The van der Waals surface area contributed by atoms with E-state index in [1.165, 1.54) is 0 Å². The van der Waals surface area contributed by atoms with Crippen molar-refractivity contribution >= 4 is 21.6 Å². The molecule has 0 spiro atoms. The van der Waals surface area contributed by atoms with Crippen LogP contribution in [0.2, 0.25) is 0 Å². The number of para-hydroxylation sites is 1. The van der Waals surface area contributed by atoms with E-state index in [1.807, 2.05) is 49.4 Å². The first-order valence-electron chi connectivity index (χ1n) is 9.37. The molecule has 6 heteroatoms. The number of sulfonamides is 1. The molecular formula is C21H26N2O3S. The van der Waals surface area contributed by atoms with Crippen molar-refractivity contribution in [2.75, 3.05) is 18.4 Å². The van der Waals surface area contributed by atoms with Gasteiger partial charge in [0.15, 0.2) is 0 Å². The average molecular weight is 387 g/mol. The third-order valence-electron chi connectivity index (χ3n) is 5.07. The Bertz CT molecular complexity index is 856. The van der Waals surface area contributed by atoms with Gasteiger partial charge in [0.1, 0.15) is 0 Å². The smallest absolute Gasteiger partial charge is 0.243 e. The fraction of sp³-hybridized carbons (Fsp3) is 0.381. The molecule has 1 aliphatic heterocycles. The maximum absolute atomic E-state index is 12.7. The largest absolute Gasteiger partial charge is 0.326 e. The van der Waals surface area contributed by atoms with Crippen molar-refractivity contribution in [3.05, 3.63) is 60.2 Å². The van der Waals surface area contributed by atoms with Gasteiger partial charge in [0.2, 0.25) is 15.9 Å². The first kappa shape index (κ1) is 19.6. The van der Waals surface area contributed by atoms with Crippen LogP contribution in [-0.2, 0) is 14.8 Å². The average Bonchev–Trinajstić information content (AvgIpc) is 2.68. The van der Waals surface area contributed by atoms with Gasteiger partial charge in [-0.3, -0.25) is 4.79 Å². The molecule has 0 radical (unpaired) electrons. The molecule has 1 N–H and O–H groups in total. The van der Waals surface area contributed by atoms with Gasteiger partial charge in [-0.05, 0) is 56.4 Å². The summed E-state index contributed by atoms with van der Waals surface area (Å²) in [6, 6.07) is 16.4. The number of carbonyl (C=O) groups excluding carboxylic acids is 1. The second kappa shape index (κ2) is 8.67. The number of anilines is 1. The lowest BCUT2D eigenvalue weighted by Gasteiger charge is -2.31. The number of nitrogens with one attached hydrogen (secondary N) is 1. The van der Waals surface area contributed by atoms with Gasteiger partial charge in [0.25, 0.3) is 0 Å². The van der Waals surface area contributed by atoms with E-state index < -0.39 is 10.0 Å².